The molecule has 0 saturated carbocycles. The molecule has 24 heavy (non-hydrogen) atoms. The molecule has 0 unspecified atom stereocenters. The number of benzene rings is 1. The van der Waals surface area contributed by atoms with Crippen LogP contribution in [-0.4, -0.2) is 25.8 Å². The molecule has 124 valence electrons. The summed E-state index contributed by atoms with van der Waals surface area (Å²) in [6.07, 6.45) is 3.69. The highest BCUT2D eigenvalue weighted by Crippen LogP contribution is 2.16. The normalized spacial score (nSPS) is 11.5. The van der Waals surface area contributed by atoms with Gasteiger partial charge in [-0.05, 0) is 23.8 Å². The van der Waals surface area contributed by atoms with E-state index in [4.69, 9.17) is 4.74 Å². The van der Waals surface area contributed by atoms with E-state index in [1.807, 2.05) is 30.3 Å². The molecule has 0 saturated heterocycles. The van der Waals surface area contributed by atoms with Gasteiger partial charge in [-0.1, -0.05) is 18.2 Å². The van der Waals surface area contributed by atoms with Crippen molar-refractivity contribution in [2.24, 2.45) is 21.1 Å². The van der Waals surface area contributed by atoms with E-state index in [9.17, 15) is 9.59 Å². The van der Waals surface area contributed by atoms with Crippen LogP contribution in [0.4, 0.5) is 0 Å². The summed E-state index contributed by atoms with van der Waals surface area (Å²) in [5, 5.41) is 0. The fourth-order valence-electron chi connectivity index (χ4n) is 2.60. The largest absolute Gasteiger partial charge is 0.497 e. The van der Waals surface area contributed by atoms with Crippen molar-refractivity contribution in [3.05, 3.63) is 56.5 Å². The molecule has 0 spiro atoms. The van der Waals surface area contributed by atoms with Gasteiger partial charge in [-0.3, -0.25) is 13.9 Å². The molecule has 2 aromatic heterocycles. The average Bonchev–Trinajstić information content (AvgIpc) is 2.93. The van der Waals surface area contributed by atoms with Gasteiger partial charge in [0.2, 0.25) is 0 Å². The summed E-state index contributed by atoms with van der Waals surface area (Å²) >= 11 is 0. The Morgan fingerprint density at radius 2 is 1.79 bits per heavy atom. The number of methoxy groups -OCH3 is 1. The predicted molar refractivity (Wildman–Crippen MR) is 93.1 cm³/mol. The van der Waals surface area contributed by atoms with Crippen LogP contribution >= 0.6 is 0 Å². The van der Waals surface area contributed by atoms with E-state index in [1.165, 1.54) is 11.6 Å². The number of ether oxygens (including phenoxy) is 1. The van der Waals surface area contributed by atoms with Crippen molar-refractivity contribution in [1.82, 2.24) is 18.7 Å². The molecule has 0 aliphatic rings. The number of aromatic nitrogens is 4. The summed E-state index contributed by atoms with van der Waals surface area (Å²) in [5.41, 5.74) is 0.960. The summed E-state index contributed by atoms with van der Waals surface area (Å²) in [6.45, 7) is 0. The first-order chi connectivity index (χ1) is 11.4. The molecule has 0 N–H and O–H groups in total. The van der Waals surface area contributed by atoms with Crippen LogP contribution in [0, 0.1) is 0 Å². The second-order valence-corrected chi connectivity index (χ2v) is 5.52. The fourth-order valence-corrected chi connectivity index (χ4v) is 2.60. The first kappa shape index (κ1) is 15.8. The molecular weight excluding hydrogens is 308 g/mol. The first-order valence-electron chi connectivity index (χ1n) is 7.38. The van der Waals surface area contributed by atoms with Gasteiger partial charge in [0.05, 0.1) is 7.11 Å². The minimum absolute atomic E-state index is 0.357. The maximum Gasteiger partial charge on any atom is 0.332 e. The van der Waals surface area contributed by atoms with E-state index in [2.05, 4.69) is 4.98 Å². The minimum Gasteiger partial charge on any atom is -0.497 e. The zero-order chi connectivity index (χ0) is 17.4. The average molecular weight is 326 g/mol. The van der Waals surface area contributed by atoms with Gasteiger partial charge < -0.3 is 9.30 Å². The molecule has 0 fully saturated rings. The van der Waals surface area contributed by atoms with Crippen LogP contribution in [0.25, 0.3) is 23.3 Å². The van der Waals surface area contributed by atoms with E-state index < -0.39 is 5.69 Å². The summed E-state index contributed by atoms with van der Waals surface area (Å²) in [6, 6.07) is 7.60. The molecule has 0 bridgehead atoms. The summed E-state index contributed by atoms with van der Waals surface area (Å²) < 4.78 is 9.35. The Kier molecular flexibility index (Phi) is 3.84. The lowest BCUT2D eigenvalue weighted by Crippen LogP contribution is -2.37. The van der Waals surface area contributed by atoms with Gasteiger partial charge in [-0.25, -0.2) is 9.78 Å². The van der Waals surface area contributed by atoms with Gasteiger partial charge in [0.1, 0.15) is 11.6 Å². The maximum atomic E-state index is 12.3. The summed E-state index contributed by atoms with van der Waals surface area (Å²) in [7, 11) is 6.44. The third kappa shape index (κ3) is 2.44. The monoisotopic (exact) mass is 326 g/mol. The quantitative estimate of drug-likeness (QED) is 0.724. The Labute approximate surface area is 138 Å². The number of fused-ring (bicyclic) bond motifs is 1. The van der Waals surface area contributed by atoms with Gasteiger partial charge >= 0.3 is 5.69 Å². The fraction of sp³-hybridized carbons (Fsp3) is 0.235. The van der Waals surface area contributed by atoms with Crippen LogP contribution in [0.2, 0.25) is 0 Å². The highest BCUT2D eigenvalue weighted by molar-refractivity contribution is 5.76. The van der Waals surface area contributed by atoms with Crippen LogP contribution in [0.3, 0.4) is 0 Å². The smallest absolute Gasteiger partial charge is 0.332 e. The predicted octanol–water partition coefficient (Wildman–Crippen LogP) is 1.15. The standard InChI is InChI=1S/C17H18N4O3/c1-19-13(9-8-11-6-5-7-12(10-11)24-4)18-15-14(19)16(22)21(3)17(23)20(15)2/h5-10H,1-4H3/b9-8+. The van der Waals surface area contributed by atoms with Crippen molar-refractivity contribution in [2.45, 2.75) is 0 Å². The molecule has 7 heteroatoms. The third-order valence-corrected chi connectivity index (χ3v) is 4.03. The SMILES string of the molecule is COc1cccc(/C=C/c2nc3c(c(=O)n(C)c(=O)n3C)n2C)c1. The van der Waals surface area contributed by atoms with Crippen molar-refractivity contribution in [1.29, 1.82) is 0 Å². The molecule has 3 aromatic rings. The second-order valence-electron chi connectivity index (χ2n) is 5.52. The van der Waals surface area contributed by atoms with Crippen molar-refractivity contribution in [3.8, 4) is 5.75 Å². The topological polar surface area (TPSA) is 71.1 Å². The molecule has 1 aromatic carbocycles. The van der Waals surface area contributed by atoms with Crippen molar-refractivity contribution in [2.75, 3.05) is 7.11 Å². The number of imidazole rings is 1. The lowest BCUT2D eigenvalue weighted by atomic mass is 10.2. The number of aryl methyl sites for hydroxylation is 2. The molecular formula is C17H18N4O3. The van der Waals surface area contributed by atoms with Gasteiger partial charge in [0, 0.05) is 21.1 Å². The summed E-state index contributed by atoms with van der Waals surface area (Å²) in [4.78, 5) is 28.8. The van der Waals surface area contributed by atoms with Crippen LogP contribution in [0.1, 0.15) is 11.4 Å². The van der Waals surface area contributed by atoms with Gasteiger partial charge in [-0.15, -0.1) is 0 Å². The molecule has 3 rings (SSSR count). The van der Waals surface area contributed by atoms with Crippen molar-refractivity contribution in [3.63, 3.8) is 0 Å². The Bertz CT molecular complexity index is 1070. The molecule has 0 aliphatic heterocycles. The van der Waals surface area contributed by atoms with E-state index in [0.717, 1.165) is 15.9 Å². The number of hydrogen-bond donors (Lipinski definition) is 0. The Morgan fingerprint density at radius 1 is 1.04 bits per heavy atom. The van der Waals surface area contributed by atoms with Crippen molar-refractivity contribution >= 4 is 23.3 Å². The zero-order valence-corrected chi connectivity index (χ0v) is 14.0. The molecule has 2 heterocycles. The lowest BCUT2D eigenvalue weighted by Gasteiger charge is -2.03. The van der Waals surface area contributed by atoms with E-state index in [-0.39, 0.29) is 5.56 Å². The molecule has 0 radical (unpaired) electrons. The van der Waals surface area contributed by atoms with Crippen LogP contribution in [0.15, 0.2) is 33.9 Å². The Hall–Kier alpha value is -3.09. The molecule has 0 aliphatic carbocycles. The van der Waals surface area contributed by atoms with E-state index in [1.54, 1.807) is 31.8 Å². The van der Waals surface area contributed by atoms with Gasteiger partial charge in [0.25, 0.3) is 5.56 Å². The van der Waals surface area contributed by atoms with Gasteiger partial charge in [-0.2, -0.15) is 0 Å². The van der Waals surface area contributed by atoms with Crippen molar-refractivity contribution < 1.29 is 4.74 Å². The maximum absolute atomic E-state index is 12.3. The first-order valence-corrected chi connectivity index (χ1v) is 7.38. The molecule has 0 atom stereocenters. The molecule has 7 nitrogen and oxygen atoms in total. The third-order valence-electron chi connectivity index (χ3n) is 4.03. The zero-order valence-electron chi connectivity index (χ0n) is 14.0. The minimum atomic E-state index is -0.395. The number of nitrogens with zero attached hydrogens (tertiary/aromatic N) is 4. The van der Waals surface area contributed by atoms with Crippen LogP contribution in [0.5, 0.6) is 5.75 Å². The van der Waals surface area contributed by atoms with Crippen LogP contribution in [-0.2, 0) is 21.1 Å². The van der Waals surface area contributed by atoms with E-state index in [0.29, 0.717) is 17.0 Å². The van der Waals surface area contributed by atoms with E-state index >= 15 is 0 Å². The highest BCUT2D eigenvalue weighted by Gasteiger charge is 2.15. The highest BCUT2D eigenvalue weighted by atomic mass is 16.5. The summed E-state index contributed by atoms with van der Waals surface area (Å²) in [5.74, 6) is 1.35. The molecule has 0 amide bonds. The van der Waals surface area contributed by atoms with Crippen LogP contribution < -0.4 is 16.0 Å². The Balaban J connectivity index is 2.14. The second kappa shape index (κ2) is 5.84. The van der Waals surface area contributed by atoms with Gasteiger partial charge in [0.15, 0.2) is 11.2 Å². The Morgan fingerprint density at radius 3 is 2.50 bits per heavy atom. The number of rotatable bonds is 3. The lowest BCUT2D eigenvalue weighted by molar-refractivity contribution is 0.414. The number of hydrogen-bond acceptors (Lipinski definition) is 4.